The van der Waals surface area contributed by atoms with Crippen LogP contribution >= 0.6 is 11.3 Å². The van der Waals surface area contributed by atoms with E-state index in [1.54, 1.807) is 31.2 Å². The van der Waals surface area contributed by atoms with E-state index in [1.165, 1.54) is 22.5 Å². The number of hydrogen-bond acceptors (Lipinski definition) is 6. The van der Waals surface area contributed by atoms with Crippen molar-refractivity contribution in [3.05, 3.63) is 87.6 Å². The average molecular weight is 462 g/mol. The van der Waals surface area contributed by atoms with Gasteiger partial charge in [0.25, 0.3) is 5.78 Å². The van der Waals surface area contributed by atoms with E-state index >= 15 is 0 Å². The summed E-state index contributed by atoms with van der Waals surface area (Å²) in [4.78, 5) is 36.8. The SMILES string of the molecule is CCOC(=O)C(=O)c1ccc(C=CCNC(=O)OCC2c3ccccc3-c3ccccc32)s1. The highest BCUT2D eigenvalue weighted by atomic mass is 32.1. The third kappa shape index (κ3) is 5.04. The Bertz CT molecular complexity index is 1170. The monoisotopic (exact) mass is 461 g/mol. The van der Waals surface area contributed by atoms with Gasteiger partial charge in [0.1, 0.15) is 6.61 Å². The second-order valence-corrected chi connectivity index (χ2v) is 8.48. The Balaban J connectivity index is 1.28. The highest BCUT2D eigenvalue weighted by Crippen LogP contribution is 2.44. The van der Waals surface area contributed by atoms with Crippen LogP contribution in [0, 0.1) is 0 Å². The summed E-state index contributed by atoms with van der Waals surface area (Å²) < 4.78 is 10.2. The summed E-state index contributed by atoms with van der Waals surface area (Å²) in [5.74, 6) is -1.50. The van der Waals surface area contributed by atoms with E-state index in [4.69, 9.17) is 9.47 Å². The lowest BCUT2D eigenvalue weighted by Crippen LogP contribution is -2.26. The molecule has 0 saturated heterocycles. The van der Waals surface area contributed by atoms with Gasteiger partial charge in [-0.25, -0.2) is 9.59 Å². The number of ketones is 1. The predicted molar refractivity (Wildman–Crippen MR) is 127 cm³/mol. The lowest BCUT2D eigenvalue weighted by Gasteiger charge is -2.14. The van der Waals surface area contributed by atoms with E-state index in [2.05, 4.69) is 29.6 Å². The first-order valence-electron chi connectivity index (χ1n) is 10.6. The van der Waals surface area contributed by atoms with Crippen molar-refractivity contribution >= 4 is 35.3 Å². The van der Waals surface area contributed by atoms with E-state index in [9.17, 15) is 14.4 Å². The van der Waals surface area contributed by atoms with E-state index < -0.39 is 17.8 Å². The summed E-state index contributed by atoms with van der Waals surface area (Å²) in [6.45, 7) is 2.34. The number of alkyl carbamates (subject to hydrolysis) is 1. The molecule has 1 amide bonds. The second kappa shape index (κ2) is 10.3. The Hall–Kier alpha value is -3.71. The van der Waals surface area contributed by atoms with E-state index in [0.717, 1.165) is 16.0 Å². The number of fused-ring (bicyclic) bond motifs is 3. The minimum Gasteiger partial charge on any atom is -0.460 e. The number of nitrogens with one attached hydrogen (secondary N) is 1. The molecule has 7 heteroatoms. The van der Waals surface area contributed by atoms with E-state index in [-0.39, 0.29) is 25.7 Å². The number of amides is 1. The second-order valence-electron chi connectivity index (χ2n) is 7.36. The van der Waals surface area contributed by atoms with Crippen molar-refractivity contribution in [1.29, 1.82) is 0 Å². The van der Waals surface area contributed by atoms with Gasteiger partial charge in [0.05, 0.1) is 11.5 Å². The first-order valence-corrected chi connectivity index (χ1v) is 11.5. The first kappa shape index (κ1) is 22.5. The van der Waals surface area contributed by atoms with Crippen molar-refractivity contribution in [2.24, 2.45) is 0 Å². The molecule has 0 aliphatic heterocycles. The normalized spacial score (nSPS) is 12.3. The molecule has 1 N–H and O–H groups in total. The number of carbonyl (C=O) groups is 3. The van der Waals surface area contributed by atoms with Crippen molar-refractivity contribution in [3.8, 4) is 11.1 Å². The van der Waals surface area contributed by atoms with Crippen LogP contribution in [0.2, 0.25) is 0 Å². The van der Waals surface area contributed by atoms with Crippen LogP contribution in [0.25, 0.3) is 17.2 Å². The third-order valence-electron chi connectivity index (χ3n) is 5.30. The zero-order valence-corrected chi connectivity index (χ0v) is 18.9. The number of ether oxygens (including phenoxy) is 2. The molecule has 3 aromatic rings. The van der Waals surface area contributed by atoms with Gasteiger partial charge in [0.15, 0.2) is 0 Å². The fraction of sp³-hybridized carbons (Fsp3) is 0.192. The predicted octanol–water partition coefficient (Wildman–Crippen LogP) is 5.05. The van der Waals surface area contributed by atoms with E-state index in [0.29, 0.717) is 4.88 Å². The number of thiophene rings is 1. The molecular weight excluding hydrogens is 438 g/mol. The van der Waals surface area contributed by atoms with Crippen molar-refractivity contribution in [2.45, 2.75) is 12.8 Å². The quantitative estimate of drug-likeness (QED) is 0.289. The van der Waals surface area contributed by atoms with Crippen molar-refractivity contribution < 1.29 is 23.9 Å². The Morgan fingerprint density at radius 3 is 2.27 bits per heavy atom. The fourth-order valence-corrected chi connectivity index (χ4v) is 4.69. The lowest BCUT2D eigenvalue weighted by molar-refractivity contribution is -0.137. The van der Waals surface area contributed by atoms with Gasteiger partial charge in [-0.15, -0.1) is 11.3 Å². The molecule has 4 rings (SSSR count). The van der Waals surface area contributed by atoms with Crippen LogP contribution in [-0.2, 0) is 14.3 Å². The summed E-state index contributed by atoms with van der Waals surface area (Å²) in [6, 6.07) is 19.7. The molecule has 0 radical (unpaired) electrons. The molecule has 1 aliphatic carbocycles. The number of carbonyl (C=O) groups excluding carboxylic acids is 3. The lowest BCUT2D eigenvalue weighted by atomic mass is 9.98. The molecule has 0 spiro atoms. The summed E-state index contributed by atoms with van der Waals surface area (Å²) in [7, 11) is 0. The van der Waals surface area contributed by atoms with Gasteiger partial charge in [-0.3, -0.25) is 4.79 Å². The maximum atomic E-state index is 12.2. The molecule has 168 valence electrons. The number of benzene rings is 2. The molecule has 1 aromatic heterocycles. The average Bonchev–Trinajstić information content (AvgIpc) is 3.43. The van der Waals surface area contributed by atoms with Crippen LogP contribution in [0.1, 0.15) is 38.5 Å². The molecule has 6 nitrogen and oxygen atoms in total. The zero-order valence-electron chi connectivity index (χ0n) is 18.1. The van der Waals surface area contributed by atoms with Gasteiger partial charge in [-0.2, -0.15) is 0 Å². The number of esters is 1. The molecule has 1 aliphatic rings. The number of Topliss-reactive ketones (excluding diaryl/α,β-unsaturated/α-hetero) is 1. The fourth-order valence-electron chi connectivity index (χ4n) is 3.83. The minimum absolute atomic E-state index is 0.0140. The first-order chi connectivity index (χ1) is 16.1. The van der Waals surface area contributed by atoms with Gasteiger partial charge in [0.2, 0.25) is 0 Å². The summed E-state index contributed by atoms with van der Waals surface area (Å²) >= 11 is 1.19. The molecule has 0 unspecified atom stereocenters. The van der Waals surface area contributed by atoms with Gasteiger partial charge >= 0.3 is 12.1 Å². The maximum Gasteiger partial charge on any atom is 0.407 e. The van der Waals surface area contributed by atoms with Crippen molar-refractivity contribution in [1.82, 2.24) is 5.32 Å². The van der Waals surface area contributed by atoms with Crippen LogP contribution in [0.3, 0.4) is 0 Å². The molecule has 33 heavy (non-hydrogen) atoms. The number of rotatable bonds is 8. The van der Waals surface area contributed by atoms with Gasteiger partial charge < -0.3 is 14.8 Å². The van der Waals surface area contributed by atoms with Gasteiger partial charge in [0, 0.05) is 17.3 Å². The summed E-state index contributed by atoms with van der Waals surface area (Å²) in [5, 5.41) is 2.70. The van der Waals surface area contributed by atoms with Crippen LogP contribution in [-0.4, -0.2) is 37.6 Å². The van der Waals surface area contributed by atoms with Crippen LogP contribution in [0.15, 0.2) is 66.7 Å². The van der Waals surface area contributed by atoms with E-state index in [1.807, 2.05) is 24.3 Å². The largest absolute Gasteiger partial charge is 0.460 e. The van der Waals surface area contributed by atoms with Crippen LogP contribution in [0.4, 0.5) is 4.79 Å². The van der Waals surface area contributed by atoms with Gasteiger partial charge in [-0.05, 0) is 47.4 Å². The summed E-state index contributed by atoms with van der Waals surface area (Å²) in [6.07, 6.45) is 3.04. The molecule has 0 bridgehead atoms. The maximum absolute atomic E-state index is 12.2. The molecule has 1 heterocycles. The minimum atomic E-state index is -0.855. The van der Waals surface area contributed by atoms with Crippen LogP contribution in [0.5, 0.6) is 0 Å². The molecule has 0 atom stereocenters. The molecule has 0 fully saturated rings. The van der Waals surface area contributed by atoms with Crippen molar-refractivity contribution in [3.63, 3.8) is 0 Å². The Morgan fingerprint density at radius 2 is 1.61 bits per heavy atom. The summed E-state index contributed by atoms with van der Waals surface area (Å²) in [5.41, 5.74) is 4.69. The topological polar surface area (TPSA) is 81.7 Å². The van der Waals surface area contributed by atoms with Crippen molar-refractivity contribution in [2.75, 3.05) is 19.8 Å². The number of hydrogen-bond donors (Lipinski definition) is 1. The smallest absolute Gasteiger partial charge is 0.407 e. The molecule has 0 saturated carbocycles. The van der Waals surface area contributed by atoms with Crippen LogP contribution < -0.4 is 5.32 Å². The Labute approximate surface area is 195 Å². The third-order valence-corrected chi connectivity index (χ3v) is 6.35. The molecule has 2 aromatic carbocycles. The highest BCUT2D eigenvalue weighted by molar-refractivity contribution is 7.15. The standard InChI is InChI=1S/C26H23NO5S/c1-2-31-25(29)24(28)23-14-13-17(33-23)8-7-15-27-26(30)32-16-22-20-11-5-3-9-18(20)19-10-4-6-12-21(19)22/h3-14,22H,2,15-16H2,1H3,(H,27,30). The Kier molecular flexibility index (Phi) is 7.00. The van der Waals surface area contributed by atoms with Gasteiger partial charge in [-0.1, -0.05) is 54.6 Å². The Morgan fingerprint density at radius 1 is 0.939 bits per heavy atom. The highest BCUT2D eigenvalue weighted by Gasteiger charge is 2.28. The molecular formula is C26H23NO5S. The zero-order chi connectivity index (χ0) is 23.2.